The number of nitrogens with zero attached hydrogens (tertiary/aromatic N) is 2. The van der Waals surface area contributed by atoms with Gasteiger partial charge in [0.05, 0.1) is 0 Å². The number of benzene rings is 1. The molecule has 0 aromatic heterocycles. The van der Waals surface area contributed by atoms with E-state index in [2.05, 4.69) is 30.8 Å². The van der Waals surface area contributed by atoms with Crippen LogP contribution in [-0.2, 0) is 6.54 Å². The summed E-state index contributed by atoms with van der Waals surface area (Å²) in [4.78, 5) is 2.07. The fourth-order valence-electron chi connectivity index (χ4n) is 2.05. The van der Waals surface area contributed by atoms with Gasteiger partial charge >= 0.3 is 0 Å². The lowest BCUT2D eigenvalue weighted by atomic mass is 9.96. The number of nitrogens with two attached hydrogens (primary N) is 1. The van der Waals surface area contributed by atoms with E-state index in [1.807, 2.05) is 7.05 Å². The third-order valence-electron chi connectivity index (χ3n) is 2.64. The molecule has 0 heterocycles. The Bertz CT molecular complexity index is 466. The summed E-state index contributed by atoms with van der Waals surface area (Å²) in [6.45, 7) is 7.82. The molecule has 19 heavy (non-hydrogen) atoms. The molecule has 0 fully saturated rings. The zero-order valence-corrected chi connectivity index (χ0v) is 11.9. The lowest BCUT2D eigenvalue weighted by Gasteiger charge is -2.26. The van der Waals surface area contributed by atoms with Crippen LogP contribution in [0, 0.1) is 11.2 Å². The molecule has 0 atom stereocenters. The predicted molar refractivity (Wildman–Crippen MR) is 74.7 cm³/mol. The van der Waals surface area contributed by atoms with Crippen LogP contribution in [0.15, 0.2) is 23.4 Å². The van der Waals surface area contributed by atoms with Crippen molar-refractivity contribution in [2.75, 3.05) is 13.6 Å². The van der Waals surface area contributed by atoms with E-state index in [9.17, 15) is 4.39 Å². The second-order valence-electron chi connectivity index (χ2n) is 6.02. The fraction of sp³-hybridized carbons (Fsp3) is 0.500. The highest BCUT2D eigenvalue weighted by atomic mass is 19.1. The van der Waals surface area contributed by atoms with E-state index in [-0.39, 0.29) is 17.1 Å². The van der Waals surface area contributed by atoms with Gasteiger partial charge in [-0.05, 0) is 18.5 Å². The van der Waals surface area contributed by atoms with Crippen LogP contribution in [0.3, 0.4) is 0 Å². The molecule has 0 bridgehead atoms. The summed E-state index contributed by atoms with van der Waals surface area (Å²) in [5.41, 5.74) is 6.56. The zero-order valence-electron chi connectivity index (χ0n) is 11.9. The maximum atomic E-state index is 13.9. The monoisotopic (exact) mass is 267 g/mol. The normalized spacial score (nSPS) is 13.1. The highest BCUT2D eigenvalue weighted by Gasteiger charge is 2.15. The van der Waals surface area contributed by atoms with Gasteiger partial charge in [0.1, 0.15) is 5.82 Å². The maximum Gasteiger partial charge on any atom is 0.170 e. The van der Waals surface area contributed by atoms with Gasteiger partial charge in [0.2, 0.25) is 0 Å². The van der Waals surface area contributed by atoms with Crippen LogP contribution in [0.4, 0.5) is 4.39 Å². The zero-order chi connectivity index (χ0) is 14.6. The second kappa shape index (κ2) is 6.02. The van der Waals surface area contributed by atoms with E-state index in [0.29, 0.717) is 17.7 Å². The van der Waals surface area contributed by atoms with Crippen molar-refractivity contribution in [3.8, 4) is 0 Å². The van der Waals surface area contributed by atoms with Crippen molar-refractivity contribution in [3.63, 3.8) is 0 Å². The highest BCUT2D eigenvalue weighted by molar-refractivity contribution is 5.97. The Kier molecular flexibility index (Phi) is 4.89. The van der Waals surface area contributed by atoms with Crippen molar-refractivity contribution >= 4 is 5.84 Å². The van der Waals surface area contributed by atoms with Crippen LogP contribution in [0.5, 0.6) is 0 Å². The van der Waals surface area contributed by atoms with Gasteiger partial charge in [0.25, 0.3) is 0 Å². The Morgan fingerprint density at radius 1 is 1.42 bits per heavy atom. The highest BCUT2D eigenvalue weighted by Crippen LogP contribution is 2.17. The molecule has 4 nitrogen and oxygen atoms in total. The molecule has 0 aliphatic rings. The van der Waals surface area contributed by atoms with Crippen LogP contribution in [0.2, 0.25) is 0 Å². The first-order chi connectivity index (χ1) is 8.73. The Labute approximate surface area is 113 Å². The minimum absolute atomic E-state index is 0.0894. The van der Waals surface area contributed by atoms with E-state index < -0.39 is 0 Å². The summed E-state index contributed by atoms with van der Waals surface area (Å²) in [6, 6.07) is 4.61. The molecule has 5 heteroatoms. The lowest BCUT2D eigenvalue weighted by Crippen LogP contribution is -2.29. The van der Waals surface area contributed by atoms with Crippen molar-refractivity contribution in [2.45, 2.75) is 27.3 Å². The third kappa shape index (κ3) is 4.87. The second-order valence-corrected chi connectivity index (χ2v) is 6.02. The Balaban J connectivity index is 2.81. The summed E-state index contributed by atoms with van der Waals surface area (Å²) in [6.07, 6.45) is 0. The van der Waals surface area contributed by atoms with Crippen molar-refractivity contribution < 1.29 is 9.60 Å². The molecule has 1 aromatic rings. The average Bonchev–Trinajstić information content (AvgIpc) is 2.28. The molecule has 0 saturated carbocycles. The standard InChI is InChI=1S/C14H22FN3O/c1-14(2,3)9-18(4)8-11-6-5-10(7-12(11)15)13(16)17-19/h5-7,19H,8-9H2,1-4H3,(H2,16,17). The van der Waals surface area contributed by atoms with E-state index in [1.165, 1.54) is 6.07 Å². The molecule has 106 valence electrons. The van der Waals surface area contributed by atoms with Crippen molar-refractivity contribution in [1.82, 2.24) is 4.90 Å². The van der Waals surface area contributed by atoms with E-state index in [1.54, 1.807) is 12.1 Å². The molecule has 0 saturated heterocycles. The number of hydrogen-bond acceptors (Lipinski definition) is 3. The third-order valence-corrected chi connectivity index (χ3v) is 2.64. The summed E-state index contributed by atoms with van der Waals surface area (Å²) in [7, 11) is 1.96. The summed E-state index contributed by atoms with van der Waals surface area (Å²) >= 11 is 0. The van der Waals surface area contributed by atoms with E-state index in [4.69, 9.17) is 10.9 Å². The molecule has 0 spiro atoms. The van der Waals surface area contributed by atoms with Crippen LogP contribution in [-0.4, -0.2) is 29.5 Å². The number of oxime groups is 1. The van der Waals surface area contributed by atoms with E-state index >= 15 is 0 Å². The number of hydrogen-bond donors (Lipinski definition) is 2. The molecule has 1 aromatic carbocycles. The van der Waals surface area contributed by atoms with Crippen LogP contribution in [0.25, 0.3) is 0 Å². The first-order valence-corrected chi connectivity index (χ1v) is 6.18. The van der Waals surface area contributed by atoms with Crippen LogP contribution >= 0.6 is 0 Å². The first kappa shape index (κ1) is 15.4. The summed E-state index contributed by atoms with van der Waals surface area (Å²) < 4.78 is 13.9. The number of halogens is 1. The molecule has 1 rings (SSSR count). The van der Waals surface area contributed by atoms with Gasteiger partial charge in [-0.1, -0.05) is 38.1 Å². The van der Waals surface area contributed by atoms with Crippen molar-refractivity contribution in [1.29, 1.82) is 0 Å². The Hall–Kier alpha value is -1.62. The molecule has 3 N–H and O–H groups in total. The number of amidine groups is 1. The molecular formula is C14H22FN3O. The smallest absolute Gasteiger partial charge is 0.170 e. The Morgan fingerprint density at radius 2 is 2.05 bits per heavy atom. The molecule has 0 radical (unpaired) electrons. The van der Waals surface area contributed by atoms with Gasteiger partial charge in [-0.2, -0.15) is 0 Å². The number of rotatable bonds is 4. The topological polar surface area (TPSA) is 61.8 Å². The largest absolute Gasteiger partial charge is 0.409 e. The summed E-state index contributed by atoms with van der Waals surface area (Å²) in [5, 5.41) is 11.4. The van der Waals surface area contributed by atoms with Gasteiger partial charge in [-0.15, -0.1) is 0 Å². The SMILES string of the molecule is CN(Cc1ccc(C(N)=NO)cc1F)CC(C)(C)C. The van der Waals surface area contributed by atoms with Crippen LogP contribution in [0.1, 0.15) is 31.9 Å². The first-order valence-electron chi connectivity index (χ1n) is 6.18. The quantitative estimate of drug-likeness (QED) is 0.381. The van der Waals surface area contributed by atoms with Gasteiger partial charge in [-0.3, -0.25) is 0 Å². The predicted octanol–water partition coefficient (Wildman–Crippen LogP) is 2.40. The summed E-state index contributed by atoms with van der Waals surface area (Å²) in [5.74, 6) is -0.432. The van der Waals surface area contributed by atoms with Gasteiger partial charge < -0.3 is 15.8 Å². The van der Waals surface area contributed by atoms with Crippen molar-refractivity contribution in [3.05, 3.63) is 35.1 Å². The molecule has 0 unspecified atom stereocenters. The molecule has 0 aliphatic heterocycles. The van der Waals surface area contributed by atoms with Crippen LogP contribution < -0.4 is 5.73 Å². The van der Waals surface area contributed by atoms with Gasteiger partial charge in [0, 0.05) is 24.2 Å². The minimum Gasteiger partial charge on any atom is -0.409 e. The molecular weight excluding hydrogens is 245 g/mol. The van der Waals surface area contributed by atoms with Crippen molar-refractivity contribution in [2.24, 2.45) is 16.3 Å². The van der Waals surface area contributed by atoms with Gasteiger partial charge in [-0.25, -0.2) is 4.39 Å². The van der Waals surface area contributed by atoms with Gasteiger partial charge in [0.15, 0.2) is 5.84 Å². The maximum absolute atomic E-state index is 13.9. The minimum atomic E-state index is -0.343. The van der Waals surface area contributed by atoms with E-state index in [0.717, 1.165) is 6.54 Å². The Morgan fingerprint density at radius 3 is 2.53 bits per heavy atom. The molecule has 0 aliphatic carbocycles. The average molecular weight is 267 g/mol. The molecule has 0 amide bonds. The fourth-order valence-corrected chi connectivity index (χ4v) is 2.05. The lowest BCUT2D eigenvalue weighted by molar-refractivity contribution is 0.218.